The summed E-state index contributed by atoms with van der Waals surface area (Å²) < 4.78 is 2.51. The van der Waals surface area contributed by atoms with Crippen LogP contribution in [0.1, 0.15) is 16.7 Å². The second-order valence-corrected chi connectivity index (χ2v) is 13.8. The summed E-state index contributed by atoms with van der Waals surface area (Å²) in [5.74, 6) is 0. The molecule has 0 aliphatic carbocycles. The molecule has 2 nitrogen and oxygen atoms in total. The second kappa shape index (κ2) is 11.3. The summed E-state index contributed by atoms with van der Waals surface area (Å²) >= 11 is 0. The van der Waals surface area contributed by atoms with Crippen LogP contribution < -0.4 is 0 Å². The Morgan fingerprint density at radius 2 is 1.04 bits per heavy atom. The van der Waals surface area contributed by atoms with E-state index in [1.54, 1.807) is 0 Å². The quantitative estimate of drug-likeness (QED) is 0.181. The summed E-state index contributed by atoms with van der Waals surface area (Å²) in [6.07, 6.45) is 2.32. The maximum Gasteiger partial charge on any atom is 0.0627 e. The third-order valence-electron chi connectivity index (χ3n) is 10.8. The molecule has 2 aromatic heterocycles. The molecule has 2 heterocycles. The topological polar surface area (TPSA) is 20.7 Å². The molecule has 0 saturated carbocycles. The lowest BCUT2D eigenvalue weighted by atomic mass is 9.92. The standard InChI is InChI=1S/C50H32N2/c1-3-13-32(14-4-1)29-44(36-24-23-33-15-7-8-16-34(33)30-36)37-25-27-39-35(31-37)26-28-43-47-46-42-21-11-12-22-45(42)51-48(46)40-19-9-10-20-41(40)50(47)52(49(39)43)38-17-5-2-6-18-38/h1-31,51H/b44-29+. The van der Waals surface area contributed by atoms with Crippen LogP contribution in [0, 0.1) is 0 Å². The fourth-order valence-corrected chi connectivity index (χ4v) is 8.54. The van der Waals surface area contributed by atoms with Crippen molar-refractivity contribution in [3.05, 3.63) is 199 Å². The van der Waals surface area contributed by atoms with Crippen LogP contribution in [-0.2, 0) is 0 Å². The largest absolute Gasteiger partial charge is 0.354 e. The highest BCUT2D eigenvalue weighted by Crippen LogP contribution is 2.46. The van der Waals surface area contributed by atoms with E-state index in [4.69, 9.17) is 0 Å². The molecular weight excluding hydrogens is 629 g/mol. The highest BCUT2D eigenvalue weighted by Gasteiger charge is 2.23. The fourth-order valence-electron chi connectivity index (χ4n) is 8.54. The Hall–Kier alpha value is -6.90. The highest BCUT2D eigenvalue weighted by atomic mass is 15.0. The molecule has 52 heavy (non-hydrogen) atoms. The van der Waals surface area contributed by atoms with Crippen LogP contribution >= 0.6 is 0 Å². The first-order valence-electron chi connectivity index (χ1n) is 17.9. The molecule has 0 spiro atoms. The van der Waals surface area contributed by atoms with Crippen LogP contribution in [0.25, 0.3) is 93.3 Å². The Morgan fingerprint density at radius 1 is 0.423 bits per heavy atom. The SMILES string of the molecule is C(=C(/c1ccc2ccccc2c1)c1ccc2c(ccc3c4c5c6ccccc6[nH]c5c5ccccc5c4n(-c4ccccc4)c23)c1)/c1ccccc1. The number of rotatable bonds is 4. The molecule has 0 bridgehead atoms. The van der Waals surface area contributed by atoms with E-state index in [1.165, 1.54) is 92.7 Å². The summed E-state index contributed by atoms with van der Waals surface area (Å²) in [4.78, 5) is 3.81. The molecule has 0 amide bonds. The summed E-state index contributed by atoms with van der Waals surface area (Å²) in [7, 11) is 0. The van der Waals surface area contributed by atoms with Gasteiger partial charge in [0.25, 0.3) is 0 Å². The molecule has 0 radical (unpaired) electrons. The minimum absolute atomic E-state index is 1.16. The monoisotopic (exact) mass is 660 g/mol. The van der Waals surface area contributed by atoms with Crippen LogP contribution in [-0.4, -0.2) is 9.55 Å². The average molecular weight is 661 g/mol. The van der Waals surface area contributed by atoms with Crippen molar-refractivity contribution in [3.63, 3.8) is 0 Å². The van der Waals surface area contributed by atoms with Gasteiger partial charge >= 0.3 is 0 Å². The third-order valence-corrected chi connectivity index (χ3v) is 10.8. The first kappa shape index (κ1) is 28.9. The molecule has 0 atom stereocenters. The van der Waals surface area contributed by atoms with Crippen molar-refractivity contribution >= 4 is 87.6 Å². The fraction of sp³-hybridized carbons (Fsp3) is 0. The predicted molar refractivity (Wildman–Crippen MR) is 223 cm³/mol. The van der Waals surface area contributed by atoms with Gasteiger partial charge in [-0.2, -0.15) is 0 Å². The van der Waals surface area contributed by atoms with Crippen molar-refractivity contribution in [1.29, 1.82) is 0 Å². The first-order chi connectivity index (χ1) is 25.8. The number of nitrogens with one attached hydrogen (secondary N) is 1. The molecular formula is C50H32N2. The molecule has 0 saturated heterocycles. The second-order valence-electron chi connectivity index (χ2n) is 13.8. The molecule has 0 aliphatic heterocycles. The minimum atomic E-state index is 1.16. The van der Waals surface area contributed by atoms with Gasteiger partial charge in [-0.3, -0.25) is 0 Å². The zero-order chi connectivity index (χ0) is 34.2. The van der Waals surface area contributed by atoms with Gasteiger partial charge in [-0.15, -0.1) is 0 Å². The number of hydrogen-bond acceptors (Lipinski definition) is 0. The van der Waals surface area contributed by atoms with Crippen molar-refractivity contribution in [2.24, 2.45) is 0 Å². The van der Waals surface area contributed by atoms with E-state index in [0.29, 0.717) is 0 Å². The number of hydrogen-bond donors (Lipinski definition) is 1. The predicted octanol–water partition coefficient (Wildman–Crippen LogP) is 13.5. The lowest BCUT2D eigenvalue weighted by Crippen LogP contribution is -1.95. The summed E-state index contributed by atoms with van der Waals surface area (Å²) in [6.45, 7) is 0. The van der Waals surface area contributed by atoms with Gasteiger partial charge in [0.2, 0.25) is 0 Å². The van der Waals surface area contributed by atoms with Gasteiger partial charge < -0.3 is 9.55 Å². The van der Waals surface area contributed by atoms with Crippen molar-refractivity contribution in [2.45, 2.75) is 0 Å². The van der Waals surface area contributed by atoms with Crippen molar-refractivity contribution in [1.82, 2.24) is 9.55 Å². The Bertz CT molecular complexity index is 3220. The zero-order valence-electron chi connectivity index (χ0n) is 28.3. The number of nitrogens with zero attached hydrogens (tertiary/aromatic N) is 1. The van der Waals surface area contributed by atoms with Crippen LogP contribution in [0.2, 0.25) is 0 Å². The van der Waals surface area contributed by atoms with Crippen molar-refractivity contribution in [3.8, 4) is 5.69 Å². The number of aromatic amines is 1. The van der Waals surface area contributed by atoms with Gasteiger partial charge in [0, 0.05) is 48.9 Å². The van der Waals surface area contributed by atoms with Crippen molar-refractivity contribution in [2.75, 3.05) is 0 Å². The molecule has 0 fully saturated rings. The highest BCUT2D eigenvalue weighted by molar-refractivity contribution is 6.38. The Morgan fingerprint density at radius 3 is 1.87 bits per heavy atom. The van der Waals surface area contributed by atoms with Gasteiger partial charge in [-0.25, -0.2) is 0 Å². The summed E-state index contributed by atoms with van der Waals surface area (Å²) in [5.41, 5.74) is 10.8. The number of aromatic nitrogens is 2. The van der Waals surface area contributed by atoms with E-state index in [0.717, 1.165) is 11.2 Å². The Labute approximate surface area is 300 Å². The van der Waals surface area contributed by atoms with E-state index in [1.807, 2.05) is 0 Å². The summed E-state index contributed by atoms with van der Waals surface area (Å²) in [6, 6.07) is 66.3. The van der Waals surface area contributed by atoms with Crippen molar-refractivity contribution < 1.29 is 0 Å². The van der Waals surface area contributed by atoms with E-state index < -0.39 is 0 Å². The van der Waals surface area contributed by atoms with Gasteiger partial charge in [0.1, 0.15) is 0 Å². The smallest absolute Gasteiger partial charge is 0.0627 e. The average Bonchev–Trinajstić information content (AvgIpc) is 3.77. The molecule has 0 unspecified atom stereocenters. The number of benzene rings is 9. The van der Waals surface area contributed by atoms with Crippen LogP contribution in [0.3, 0.4) is 0 Å². The first-order valence-corrected chi connectivity index (χ1v) is 17.9. The lowest BCUT2D eigenvalue weighted by molar-refractivity contribution is 1.19. The normalized spacial score (nSPS) is 12.3. The Balaban J connectivity index is 1.25. The van der Waals surface area contributed by atoms with Gasteiger partial charge in [0.05, 0.1) is 16.6 Å². The lowest BCUT2D eigenvalue weighted by Gasteiger charge is -2.14. The Kier molecular flexibility index (Phi) is 6.28. The minimum Gasteiger partial charge on any atom is -0.354 e. The number of fused-ring (bicyclic) bond motifs is 13. The molecule has 0 aliphatic rings. The maximum atomic E-state index is 3.81. The van der Waals surface area contributed by atoms with Gasteiger partial charge in [-0.1, -0.05) is 152 Å². The van der Waals surface area contributed by atoms with Crippen LogP contribution in [0.15, 0.2) is 182 Å². The van der Waals surface area contributed by atoms with Crippen LogP contribution in [0.5, 0.6) is 0 Å². The van der Waals surface area contributed by atoms with E-state index in [9.17, 15) is 0 Å². The van der Waals surface area contributed by atoms with E-state index in [-0.39, 0.29) is 0 Å². The molecule has 9 aromatic carbocycles. The maximum absolute atomic E-state index is 3.81. The molecule has 2 heteroatoms. The molecule has 242 valence electrons. The molecule has 11 rings (SSSR count). The third kappa shape index (κ3) is 4.31. The summed E-state index contributed by atoms with van der Waals surface area (Å²) in [5, 5.41) is 12.5. The zero-order valence-corrected chi connectivity index (χ0v) is 28.3. The van der Waals surface area contributed by atoms with E-state index in [2.05, 4.69) is 198 Å². The number of H-pyrrole nitrogens is 1. The van der Waals surface area contributed by atoms with Crippen LogP contribution in [0.4, 0.5) is 0 Å². The molecule has 11 aromatic rings. The molecule has 1 N–H and O–H groups in total. The van der Waals surface area contributed by atoms with E-state index >= 15 is 0 Å². The number of para-hydroxylation sites is 2. The van der Waals surface area contributed by atoms with Gasteiger partial charge in [0.15, 0.2) is 0 Å². The van der Waals surface area contributed by atoms with Gasteiger partial charge in [-0.05, 0) is 74.8 Å².